The first-order valence-electron chi connectivity index (χ1n) is 9.65. The Balaban J connectivity index is 1.50. The summed E-state index contributed by atoms with van der Waals surface area (Å²) in [4.78, 5) is 31.0. The minimum Gasteiger partial charge on any atom is -0.475 e. The number of hydrogen-bond acceptors (Lipinski definition) is 5. The van der Waals surface area contributed by atoms with E-state index in [0.717, 1.165) is 18.5 Å². The number of methoxy groups -OCH3 is 1. The van der Waals surface area contributed by atoms with Gasteiger partial charge >= 0.3 is 6.03 Å². The van der Waals surface area contributed by atoms with E-state index in [-0.39, 0.29) is 17.9 Å². The van der Waals surface area contributed by atoms with Gasteiger partial charge in [0.05, 0.1) is 24.4 Å². The van der Waals surface area contributed by atoms with Gasteiger partial charge in [0.2, 0.25) is 11.8 Å². The Bertz CT molecular complexity index is 798. The molecule has 1 aromatic carbocycles. The number of amides is 3. The molecule has 1 saturated heterocycles. The second-order valence-electron chi connectivity index (χ2n) is 6.80. The molecule has 0 aliphatic carbocycles. The number of carbonyl (C=O) groups is 2. The number of hydrogen-bond donors (Lipinski definition) is 2. The van der Waals surface area contributed by atoms with Crippen molar-refractivity contribution in [3.05, 3.63) is 48.7 Å². The van der Waals surface area contributed by atoms with Crippen LogP contribution in [0.4, 0.5) is 16.2 Å². The van der Waals surface area contributed by atoms with E-state index in [2.05, 4.69) is 15.6 Å². The quantitative estimate of drug-likeness (QED) is 0.700. The maximum atomic E-state index is 12.6. The fraction of sp³-hybridized carbons (Fsp3) is 0.381. The van der Waals surface area contributed by atoms with E-state index >= 15 is 0 Å². The maximum absolute atomic E-state index is 12.6. The fourth-order valence-corrected chi connectivity index (χ4v) is 3.11. The molecule has 29 heavy (non-hydrogen) atoms. The van der Waals surface area contributed by atoms with Crippen molar-refractivity contribution in [3.8, 4) is 5.88 Å². The summed E-state index contributed by atoms with van der Waals surface area (Å²) in [5.74, 6) is 0.174. The third-order valence-corrected chi connectivity index (χ3v) is 4.65. The van der Waals surface area contributed by atoms with Gasteiger partial charge in [-0.05, 0) is 31.0 Å². The van der Waals surface area contributed by atoms with Crippen molar-refractivity contribution in [3.63, 3.8) is 0 Å². The van der Waals surface area contributed by atoms with Gasteiger partial charge in [0, 0.05) is 32.0 Å². The number of aromatic nitrogens is 1. The molecule has 0 spiro atoms. The molecule has 1 aromatic heterocycles. The summed E-state index contributed by atoms with van der Waals surface area (Å²) >= 11 is 0. The number of nitrogens with one attached hydrogen (secondary N) is 2. The molecule has 1 atom stereocenters. The molecule has 1 aliphatic heterocycles. The fourth-order valence-electron chi connectivity index (χ4n) is 3.11. The Labute approximate surface area is 170 Å². The molecule has 1 fully saturated rings. The van der Waals surface area contributed by atoms with E-state index in [1.165, 1.54) is 0 Å². The molecule has 2 aromatic rings. The van der Waals surface area contributed by atoms with Crippen molar-refractivity contribution in [1.29, 1.82) is 0 Å². The van der Waals surface area contributed by atoms with Crippen LogP contribution in [-0.4, -0.2) is 55.2 Å². The molecule has 0 bridgehead atoms. The molecule has 3 amide bonds. The van der Waals surface area contributed by atoms with E-state index in [9.17, 15) is 9.59 Å². The van der Waals surface area contributed by atoms with Crippen molar-refractivity contribution in [2.24, 2.45) is 5.92 Å². The van der Waals surface area contributed by atoms with Crippen LogP contribution >= 0.6 is 0 Å². The van der Waals surface area contributed by atoms with E-state index in [0.29, 0.717) is 37.9 Å². The molecule has 0 radical (unpaired) electrons. The van der Waals surface area contributed by atoms with Gasteiger partial charge in [-0.2, -0.15) is 0 Å². The highest BCUT2D eigenvalue weighted by Crippen LogP contribution is 2.20. The van der Waals surface area contributed by atoms with Gasteiger partial charge in [0.25, 0.3) is 0 Å². The van der Waals surface area contributed by atoms with Crippen LogP contribution in [0.5, 0.6) is 5.88 Å². The maximum Gasteiger partial charge on any atom is 0.321 e. The number of nitrogens with zero attached hydrogens (tertiary/aromatic N) is 2. The van der Waals surface area contributed by atoms with Crippen LogP contribution in [-0.2, 0) is 9.53 Å². The van der Waals surface area contributed by atoms with Crippen LogP contribution in [0.1, 0.15) is 12.8 Å². The molecule has 8 heteroatoms. The molecule has 2 N–H and O–H groups in total. The van der Waals surface area contributed by atoms with E-state index < -0.39 is 0 Å². The zero-order chi connectivity index (χ0) is 20.5. The van der Waals surface area contributed by atoms with Gasteiger partial charge in [-0.15, -0.1) is 0 Å². The first-order valence-corrected chi connectivity index (χ1v) is 9.65. The zero-order valence-electron chi connectivity index (χ0n) is 16.5. The Morgan fingerprint density at radius 2 is 1.93 bits per heavy atom. The minimum atomic E-state index is -0.239. The summed E-state index contributed by atoms with van der Waals surface area (Å²) in [6.07, 6.45) is 3.09. The number of para-hydroxylation sites is 1. The Hall–Kier alpha value is -3.13. The number of piperidine rings is 1. The Morgan fingerprint density at radius 1 is 1.10 bits per heavy atom. The lowest BCUT2D eigenvalue weighted by Gasteiger charge is -2.32. The summed E-state index contributed by atoms with van der Waals surface area (Å²) in [6.45, 7) is 1.90. The lowest BCUT2D eigenvalue weighted by atomic mass is 9.97. The smallest absolute Gasteiger partial charge is 0.321 e. The molecule has 1 unspecified atom stereocenters. The number of ether oxygens (including phenoxy) is 2. The summed E-state index contributed by atoms with van der Waals surface area (Å²) in [5, 5.41) is 5.75. The number of benzene rings is 1. The topological polar surface area (TPSA) is 92.8 Å². The standard InChI is InChI=1S/C21H26N4O4/c1-28-12-13-29-19-10-9-18(14-22-19)24-21(27)25-11-5-6-16(15-25)20(26)23-17-7-3-2-4-8-17/h2-4,7-10,14,16H,5-6,11-13,15H2,1H3,(H,23,26)(H,24,27). The molecule has 0 saturated carbocycles. The molecular formula is C21H26N4O4. The lowest BCUT2D eigenvalue weighted by Crippen LogP contribution is -2.45. The second kappa shape index (κ2) is 10.4. The van der Waals surface area contributed by atoms with Crippen LogP contribution in [0, 0.1) is 5.92 Å². The number of rotatable bonds is 7. The molecule has 3 rings (SSSR count). The first kappa shape index (κ1) is 20.6. The van der Waals surface area contributed by atoms with Gasteiger partial charge in [-0.25, -0.2) is 9.78 Å². The van der Waals surface area contributed by atoms with Gasteiger partial charge < -0.3 is 25.0 Å². The molecule has 8 nitrogen and oxygen atoms in total. The largest absolute Gasteiger partial charge is 0.475 e. The monoisotopic (exact) mass is 398 g/mol. The predicted octanol–water partition coefficient (Wildman–Crippen LogP) is 2.99. The lowest BCUT2D eigenvalue weighted by molar-refractivity contribution is -0.121. The highest BCUT2D eigenvalue weighted by atomic mass is 16.5. The number of urea groups is 1. The van der Waals surface area contributed by atoms with Crippen molar-refractivity contribution in [1.82, 2.24) is 9.88 Å². The Kier molecular flexibility index (Phi) is 7.40. The Morgan fingerprint density at radius 3 is 2.66 bits per heavy atom. The molecule has 2 heterocycles. The van der Waals surface area contributed by atoms with Gasteiger partial charge in [0.15, 0.2) is 0 Å². The molecular weight excluding hydrogens is 372 g/mol. The van der Waals surface area contributed by atoms with Crippen molar-refractivity contribution >= 4 is 23.3 Å². The molecule has 154 valence electrons. The third kappa shape index (κ3) is 6.18. The van der Waals surface area contributed by atoms with Crippen molar-refractivity contribution < 1.29 is 19.1 Å². The number of carbonyl (C=O) groups excluding carboxylic acids is 2. The van der Waals surface area contributed by atoms with E-state index in [1.54, 1.807) is 30.3 Å². The van der Waals surface area contributed by atoms with Gasteiger partial charge in [-0.3, -0.25) is 4.79 Å². The summed E-state index contributed by atoms with van der Waals surface area (Å²) in [6, 6.07) is 12.5. The van der Waals surface area contributed by atoms with Crippen LogP contribution in [0.2, 0.25) is 0 Å². The summed E-state index contributed by atoms with van der Waals surface area (Å²) < 4.78 is 10.3. The highest BCUT2D eigenvalue weighted by Gasteiger charge is 2.28. The zero-order valence-corrected chi connectivity index (χ0v) is 16.5. The number of anilines is 2. The van der Waals surface area contributed by atoms with Gasteiger partial charge in [0.1, 0.15) is 6.61 Å². The average Bonchev–Trinajstić information content (AvgIpc) is 2.76. The number of pyridine rings is 1. The highest BCUT2D eigenvalue weighted by molar-refractivity contribution is 5.94. The summed E-state index contributed by atoms with van der Waals surface area (Å²) in [5.41, 5.74) is 1.34. The number of likely N-dealkylation sites (tertiary alicyclic amines) is 1. The van der Waals surface area contributed by atoms with Crippen molar-refractivity contribution in [2.75, 3.05) is 44.0 Å². The molecule has 1 aliphatic rings. The minimum absolute atomic E-state index is 0.0621. The van der Waals surface area contributed by atoms with Crippen LogP contribution in [0.3, 0.4) is 0 Å². The van der Waals surface area contributed by atoms with E-state index in [4.69, 9.17) is 9.47 Å². The summed E-state index contributed by atoms with van der Waals surface area (Å²) in [7, 11) is 1.60. The van der Waals surface area contributed by atoms with Crippen LogP contribution in [0.25, 0.3) is 0 Å². The van der Waals surface area contributed by atoms with Crippen LogP contribution in [0.15, 0.2) is 48.7 Å². The first-order chi connectivity index (χ1) is 14.2. The SMILES string of the molecule is COCCOc1ccc(NC(=O)N2CCCC(C(=O)Nc3ccccc3)C2)cn1. The van der Waals surface area contributed by atoms with Gasteiger partial charge in [-0.1, -0.05) is 18.2 Å². The second-order valence-corrected chi connectivity index (χ2v) is 6.80. The third-order valence-electron chi connectivity index (χ3n) is 4.65. The van der Waals surface area contributed by atoms with Crippen LogP contribution < -0.4 is 15.4 Å². The van der Waals surface area contributed by atoms with Crippen molar-refractivity contribution in [2.45, 2.75) is 12.8 Å². The van der Waals surface area contributed by atoms with E-state index in [1.807, 2.05) is 30.3 Å². The average molecular weight is 398 g/mol. The predicted molar refractivity (Wildman–Crippen MR) is 110 cm³/mol. The normalized spacial score (nSPS) is 16.2.